The van der Waals surface area contributed by atoms with Crippen molar-refractivity contribution in [1.29, 1.82) is 0 Å². The summed E-state index contributed by atoms with van der Waals surface area (Å²) in [5.41, 5.74) is 13.1. The van der Waals surface area contributed by atoms with Crippen LogP contribution in [0.25, 0.3) is 72.9 Å². The first-order chi connectivity index (χ1) is 30.4. The van der Waals surface area contributed by atoms with Crippen LogP contribution in [0.1, 0.15) is 89.4 Å². The summed E-state index contributed by atoms with van der Waals surface area (Å²) < 4.78 is 42.9. The number of fused-ring (bicyclic) bond motifs is 11. The molecule has 2 unspecified atom stereocenters. The van der Waals surface area contributed by atoms with E-state index in [0.717, 1.165) is 50.5 Å². The first-order valence-corrected chi connectivity index (χ1v) is 22.1. The number of hydrogen-bond donors (Lipinski definition) is 0. The number of aromatic nitrogens is 1. The van der Waals surface area contributed by atoms with E-state index in [1.807, 2.05) is 0 Å². The van der Waals surface area contributed by atoms with Crippen LogP contribution >= 0.6 is 0 Å². The van der Waals surface area contributed by atoms with Crippen molar-refractivity contribution in [2.45, 2.75) is 63.0 Å². The van der Waals surface area contributed by atoms with Crippen molar-refractivity contribution < 1.29 is 13.2 Å². The molecule has 302 valence electrons. The third-order valence-electron chi connectivity index (χ3n) is 14.2. The van der Waals surface area contributed by atoms with E-state index in [1.165, 1.54) is 111 Å². The Labute approximate surface area is 359 Å². The fourth-order valence-corrected chi connectivity index (χ4v) is 11.2. The second kappa shape index (κ2) is 14.5. The minimum Gasteiger partial charge on any atom is -0.310 e. The van der Waals surface area contributed by atoms with Crippen molar-refractivity contribution in [2.24, 2.45) is 0 Å². The van der Waals surface area contributed by atoms with Gasteiger partial charge >= 0.3 is 6.18 Å². The van der Waals surface area contributed by atoms with E-state index in [9.17, 15) is 13.2 Å². The predicted octanol–water partition coefficient (Wildman–Crippen LogP) is 14.4. The van der Waals surface area contributed by atoms with Crippen molar-refractivity contribution in [3.8, 4) is 16.8 Å². The van der Waals surface area contributed by atoms with Gasteiger partial charge in [-0.2, -0.15) is 13.2 Å². The molecule has 2 atom stereocenters. The zero-order valence-electron chi connectivity index (χ0n) is 34.4. The van der Waals surface area contributed by atoms with Crippen LogP contribution in [-0.4, -0.2) is 4.57 Å². The average Bonchev–Trinajstić information content (AvgIpc) is 3.55. The van der Waals surface area contributed by atoms with Crippen molar-refractivity contribution in [1.82, 2.24) is 4.57 Å². The van der Waals surface area contributed by atoms with Crippen LogP contribution in [-0.2, 0) is 12.6 Å². The van der Waals surface area contributed by atoms with Crippen LogP contribution in [0.15, 0.2) is 157 Å². The van der Waals surface area contributed by atoms with Gasteiger partial charge in [0.25, 0.3) is 0 Å². The molecule has 4 heteroatoms. The minimum atomic E-state index is -4.35. The summed E-state index contributed by atoms with van der Waals surface area (Å²) in [4.78, 5) is 0. The average molecular weight is 812 g/mol. The van der Waals surface area contributed by atoms with Crippen LogP contribution in [0.5, 0.6) is 0 Å². The van der Waals surface area contributed by atoms with Gasteiger partial charge in [0.2, 0.25) is 0 Å². The SMILES string of the molecule is FC(F)(F)c1ccc(C2CCC3=C(CCC=C3)c3cc(-c4ccc(C5C=Cc6c(c7c(n6-c6ccc8c9ccccc9c9ccccc9c8c6)=CCCC=7)C5)cc4)ccc32)cc1. The van der Waals surface area contributed by atoms with Gasteiger partial charge in [0.1, 0.15) is 0 Å². The van der Waals surface area contributed by atoms with Crippen LogP contribution < -0.4 is 10.6 Å². The van der Waals surface area contributed by atoms with Gasteiger partial charge in [-0.15, -0.1) is 0 Å². The molecule has 0 spiro atoms. The summed E-state index contributed by atoms with van der Waals surface area (Å²) in [5.74, 6) is 0.291. The predicted molar refractivity (Wildman–Crippen MR) is 251 cm³/mol. The lowest BCUT2D eigenvalue weighted by Crippen LogP contribution is -2.31. The standard InChI is InChI=1S/C58H44F3N/c59-58(60,61)42-26-21-39(22-27-42)45-29-23-38-9-1-2-10-44(38)53-33-40(24-30-50(45)53)36-17-19-37(20-18-36)41-25-32-57-55(34-41)52-15-7-8-16-56(52)62(57)43-28-31-51-48-13-4-3-11-46(48)47-12-5-6-14-49(47)54(51)35-43/h1,3-6,9,11-22,24-28,30-33,35,41,45H,2,7-8,10,23,29,34H2. The van der Waals surface area contributed by atoms with Gasteiger partial charge < -0.3 is 4.57 Å². The molecule has 0 N–H and O–H groups in total. The molecule has 0 fully saturated rings. The zero-order valence-corrected chi connectivity index (χ0v) is 34.4. The van der Waals surface area contributed by atoms with Crippen LogP contribution in [0.3, 0.4) is 0 Å². The van der Waals surface area contributed by atoms with Gasteiger partial charge in [-0.3, -0.25) is 0 Å². The normalized spacial score (nSPS) is 18.2. The molecule has 1 heterocycles. The Morgan fingerprint density at radius 1 is 0.581 bits per heavy atom. The maximum atomic E-state index is 13.5. The molecule has 0 saturated heterocycles. The smallest absolute Gasteiger partial charge is 0.310 e. The van der Waals surface area contributed by atoms with Crippen molar-refractivity contribution in [3.63, 3.8) is 0 Å². The molecule has 1 aromatic heterocycles. The number of allylic oxidation sites excluding steroid dienone is 5. The highest BCUT2D eigenvalue weighted by Gasteiger charge is 2.32. The second-order valence-corrected chi connectivity index (χ2v) is 17.6. The zero-order chi connectivity index (χ0) is 41.5. The Morgan fingerprint density at radius 2 is 1.26 bits per heavy atom. The van der Waals surface area contributed by atoms with Crippen molar-refractivity contribution in [2.75, 3.05) is 0 Å². The Bertz CT molecular complexity index is 3320. The summed E-state index contributed by atoms with van der Waals surface area (Å²) in [6.07, 6.45) is 16.6. The van der Waals surface area contributed by atoms with E-state index in [1.54, 1.807) is 12.1 Å². The highest BCUT2D eigenvalue weighted by atomic mass is 19.4. The molecule has 8 aromatic rings. The highest BCUT2D eigenvalue weighted by molar-refractivity contribution is 6.25. The third kappa shape index (κ3) is 6.06. The Kier molecular flexibility index (Phi) is 8.68. The molecule has 4 aliphatic carbocycles. The lowest BCUT2D eigenvalue weighted by molar-refractivity contribution is -0.137. The molecular weight excluding hydrogens is 768 g/mol. The van der Waals surface area contributed by atoms with Gasteiger partial charge in [-0.25, -0.2) is 0 Å². The topological polar surface area (TPSA) is 4.93 Å². The summed E-state index contributed by atoms with van der Waals surface area (Å²) in [6, 6.07) is 46.4. The fourth-order valence-electron chi connectivity index (χ4n) is 11.2. The molecular formula is C58H44F3N. The van der Waals surface area contributed by atoms with Crippen molar-refractivity contribution >= 4 is 56.1 Å². The first-order valence-electron chi connectivity index (χ1n) is 22.1. The summed E-state index contributed by atoms with van der Waals surface area (Å²) in [7, 11) is 0. The lowest BCUT2D eigenvalue weighted by Gasteiger charge is -2.22. The summed E-state index contributed by atoms with van der Waals surface area (Å²) in [6.45, 7) is 0. The molecule has 7 aromatic carbocycles. The Morgan fingerprint density at radius 3 is 2.00 bits per heavy atom. The van der Waals surface area contributed by atoms with E-state index >= 15 is 0 Å². The van der Waals surface area contributed by atoms with Crippen LogP contribution in [0, 0.1) is 0 Å². The maximum absolute atomic E-state index is 13.5. The van der Waals surface area contributed by atoms with Gasteiger partial charge in [0, 0.05) is 28.6 Å². The van der Waals surface area contributed by atoms with Gasteiger partial charge in [-0.05, 0) is 169 Å². The number of hydrogen-bond acceptors (Lipinski definition) is 0. The Balaban J connectivity index is 0.882. The van der Waals surface area contributed by atoms with E-state index in [-0.39, 0.29) is 11.8 Å². The van der Waals surface area contributed by atoms with Crippen LogP contribution in [0.2, 0.25) is 0 Å². The largest absolute Gasteiger partial charge is 0.416 e. The molecule has 0 radical (unpaired) electrons. The summed E-state index contributed by atoms with van der Waals surface area (Å²) in [5, 5.41) is 10.4. The van der Waals surface area contributed by atoms with E-state index in [2.05, 4.69) is 150 Å². The first kappa shape index (κ1) is 37.1. The molecule has 0 aliphatic heterocycles. The number of alkyl halides is 3. The fraction of sp³-hybridized carbons (Fsp3) is 0.172. The van der Waals surface area contributed by atoms with E-state index in [4.69, 9.17) is 0 Å². The van der Waals surface area contributed by atoms with Gasteiger partial charge in [0.15, 0.2) is 0 Å². The number of nitrogens with zero attached hydrogens (tertiary/aromatic N) is 1. The van der Waals surface area contributed by atoms with Gasteiger partial charge in [-0.1, -0.05) is 134 Å². The van der Waals surface area contributed by atoms with E-state index in [0.29, 0.717) is 0 Å². The molecule has 4 aliphatic rings. The maximum Gasteiger partial charge on any atom is 0.416 e. The number of halogens is 3. The summed E-state index contributed by atoms with van der Waals surface area (Å²) >= 11 is 0. The second-order valence-electron chi connectivity index (χ2n) is 17.6. The Hall–Kier alpha value is -6.65. The van der Waals surface area contributed by atoms with Gasteiger partial charge in [0.05, 0.1) is 5.56 Å². The van der Waals surface area contributed by atoms with Crippen molar-refractivity contribution in [3.05, 3.63) is 207 Å². The third-order valence-corrected chi connectivity index (χ3v) is 14.2. The number of benzene rings is 7. The van der Waals surface area contributed by atoms with Crippen LogP contribution in [0.4, 0.5) is 13.2 Å². The molecule has 12 rings (SSSR count). The quantitative estimate of drug-likeness (QED) is 0.156. The molecule has 0 amide bonds. The highest BCUT2D eigenvalue weighted by Crippen LogP contribution is 2.46. The molecule has 0 bridgehead atoms. The monoisotopic (exact) mass is 811 g/mol. The molecule has 62 heavy (non-hydrogen) atoms. The van der Waals surface area contributed by atoms with E-state index < -0.39 is 11.7 Å². The minimum absolute atomic E-state index is 0.0302. The molecule has 1 nitrogen and oxygen atoms in total. The molecule has 0 saturated carbocycles. The lowest BCUT2D eigenvalue weighted by atomic mass is 9.82. The number of rotatable bonds is 4.